The van der Waals surface area contributed by atoms with Crippen molar-refractivity contribution in [3.05, 3.63) is 59.9 Å². The van der Waals surface area contributed by atoms with Gasteiger partial charge in [-0.25, -0.2) is 4.98 Å². The van der Waals surface area contributed by atoms with Gasteiger partial charge in [0.1, 0.15) is 12.4 Å². The summed E-state index contributed by atoms with van der Waals surface area (Å²) in [6.45, 7) is 4.58. The van der Waals surface area contributed by atoms with Gasteiger partial charge in [0, 0.05) is 5.69 Å². The molecule has 0 unspecified atom stereocenters. The Hall–Kier alpha value is -2.27. The highest BCUT2D eigenvalue weighted by Gasteiger charge is 2.13. The molecule has 0 atom stereocenters. The van der Waals surface area contributed by atoms with Crippen LogP contribution in [0.3, 0.4) is 0 Å². The Kier molecular flexibility index (Phi) is 5.43. The molecule has 1 aromatic heterocycles. The summed E-state index contributed by atoms with van der Waals surface area (Å²) < 4.78 is 2.00. The van der Waals surface area contributed by atoms with Crippen LogP contribution in [0.2, 0.25) is 0 Å². The molecule has 0 saturated heterocycles. The number of nitrogens with one attached hydrogen (secondary N) is 1. The molecule has 0 aliphatic heterocycles. The fourth-order valence-electron chi connectivity index (χ4n) is 2.84. The highest BCUT2D eigenvalue weighted by atomic mass is 32.2. The van der Waals surface area contributed by atoms with E-state index in [1.807, 2.05) is 47.2 Å². The summed E-state index contributed by atoms with van der Waals surface area (Å²) in [5, 5.41) is 2.99. The number of amides is 1. The predicted octanol–water partition coefficient (Wildman–Crippen LogP) is 4.66. The third-order valence-electron chi connectivity index (χ3n) is 4.17. The first-order valence-corrected chi connectivity index (χ1v) is 9.80. The maximum absolute atomic E-state index is 12.5. The molecule has 0 bridgehead atoms. The van der Waals surface area contributed by atoms with Gasteiger partial charge in [0.05, 0.1) is 16.8 Å². The number of carbonyl (C=O) groups is 1. The summed E-state index contributed by atoms with van der Waals surface area (Å²) in [6.07, 6.45) is 2.04. The van der Waals surface area contributed by atoms with Crippen LogP contribution in [0, 0.1) is 0 Å². The normalized spacial score (nSPS) is 11.2. The van der Waals surface area contributed by atoms with E-state index in [1.54, 1.807) is 11.8 Å². The average Bonchev–Trinajstić information content (AvgIpc) is 2.93. The lowest BCUT2D eigenvalue weighted by atomic mass is 10.0. The predicted molar refractivity (Wildman–Crippen MR) is 106 cm³/mol. The van der Waals surface area contributed by atoms with Gasteiger partial charge in [0.2, 0.25) is 5.91 Å². The fraction of sp³-hybridized carbons (Fsp3) is 0.300. The standard InChI is InChI=1S/C20H23N3OS/c1-14(2)15-8-10-16(11-9-15)21-20(24)12-23-18-7-5-4-6-17(18)22-19(23)13-25-3/h4-11,14H,12-13H2,1-3H3,(H,21,24). The number of nitrogens with zero attached hydrogens (tertiary/aromatic N) is 2. The second kappa shape index (κ2) is 7.74. The number of thioether (sulfide) groups is 1. The van der Waals surface area contributed by atoms with Crippen molar-refractivity contribution in [3.63, 3.8) is 0 Å². The Bertz CT molecular complexity index is 868. The van der Waals surface area contributed by atoms with E-state index in [0.29, 0.717) is 5.92 Å². The Morgan fingerprint density at radius 2 is 1.88 bits per heavy atom. The lowest BCUT2D eigenvalue weighted by molar-refractivity contribution is -0.116. The van der Waals surface area contributed by atoms with Crippen LogP contribution in [0.4, 0.5) is 5.69 Å². The van der Waals surface area contributed by atoms with E-state index >= 15 is 0 Å². The van der Waals surface area contributed by atoms with E-state index in [-0.39, 0.29) is 12.5 Å². The van der Waals surface area contributed by atoms with Gasteiger partial charge in [-0.1, -0.05) is 38.1 Å². The number of hydrogen-bond donors (Lipinski definition) is 1. The molecule has 3 aromatic rings. The van der Waals surface area contributed by atoms with Gasteiger partial charge >= 0.3 is 0 Å². The summed E-state index contributed by atoms with van der Waals surface area (Å²) >= 11 is 1.70. The van der Waals surface area contributed by atoms with Gasteiger partial charge in [-0.05, 0) is 42.0 Å². The first-order chi connectivity index (χ1) is 12.1. The fourth-order valence-corrected chi connectivity index (χ4v) is 3.32. The van der Waals surface area contributed by atoms with Gasteiger partial charge in [-0.3, -0.25) is 4.79 Å². The zero-order valence-corrected chi connectivity index (χ0v) is 15.6. The topological polar surface area (TPSA) is 46.9 Å². The van der Waals surface area contributed by atoms with Crippen LogP contribution in [-0.4, -0.2) is 21.7 Å². The van der Waals surface area contributed by atoms with Crippen LogP contribution < -0.4 is 5.32 Å². The van der Waals surface area contributed by atoms with Gasteiger partial charge in [-0.15, -0.1) is 0 Å². The minimum absolute atomic E-state index is 0.0391. The molecule has 3 rings (SSSR count). The van der Waals surface area contributed by atoms with E-state index in [9.17, 15) is 4.79 Å². The molecule has 2 aromatic carbocycles. The molecule has 0 spiro atoms. The first-order valence-electron chi connectivity index (χ1n) is 8.41. The number of imidazole rings is 1. The molecule has 0 saturated carbocycles. The van der Waals surface area contributed by atoms with Crippen molar-refractivity contribution >= 4 is 34.4 Å². The zero-order chi connectivity index (χ0) is 17.8. The van der Waals surface area contributed by atoms with E-state index in [0.717, 1.165) is 28.3 Å². The zero-order valence-electron chi connectivity index (χ0n) is 14.8. The lowest BCUT2D eigenvalue weighted by Gasteiger charge is -2.11. The Morgan fingerprint density at radius 1 is 1.16 bits per heavy atom. The monoisotopic (exact) mass is 353 g/mol. The molecule has 5 heteroatoms. The quantitative estimate of drug-likeness (QED) is 0.701. The molecule has 0 radical (unpaired) electrons. The molecule has 1 heterocycles. The van der Waals surface area contributed by atoms with Crippen LogP contribution in [0.5, 0.6) is 0 Å². The largest absolute Gasteiger partial charge is 0.325 e. The molecular weight excluding hydrogens is 330 g/mol. The molecule has 1 N–H and O–H groups in total. The SMILES string of the molecule is CSCc1nc2ccccc2n1CC(=O)Nc1ccc(C(C)C)cc1. The Balaban J connectivity index is 1.78. The maximum atomic E-state index is 12.5. The van der Waals surface area contributed by atoms with Gasteiger partial charge in [-0.2, -0.15) is 11.8 Å². The van der Waals surface area contributed by atoms with E-state index < -0.39 is 0 Å². The second-order valence-corrected chi connectivity index (χ2v) is 7.23. The number of aromatic nitrogens is 2. The number of anilines is 1. The number of carbonyl (C=O) groups excluding carboxylic acids is 1. The molecule has 0 aliphatic rings. The number of benzene rings is 2. The summed E-state index contributed by atoms with van der Waals surface area (Å²) in [5.74, 6) is 2.16. The van der Waals surface area contributed by atoms with Crippen LogP contribution in [0.15, 0.2) is 48.5 Å². The van der Waals surface area contributed by atoms with Crippen LogP contribution in [0.1, 0.15) is 31.2 Å². The van der Waals surface area contributed by atoms with E-state index in [4.69, 9.17) is 0 Å². The van der Waals surface area contributed by atoms with Gasteiger partial charge in [0.25, 0.3) is 0 Å². The highest BCUT2D eigenvalue weighted by molar-refractivity contribution is 7.97. The number of rotatable bonds is 6. The summed E-state index contributed by atoms with van der Waals surface area (Å²) in [4.78, 5) is 17.2. The first kappa shape index (κ1) is 17.5. The van der Waals surface area contributed by atoms with Crippen LogP contribution >= 0.6 is 11.8 Å². The summed E-state index contributed by atoms with van der Waals surface area (Å²) in [6, 6.07) is 16.0. The number of para-hydroxylation sites is 2. The Morgan fingerprint density at radius 3 is 2.56 bits per heavy atom. The van der Waals surface area contributed by atoms with E-state index in [1.165, 1.54) is 5.56 Å². The van der Waals surface area contributed by atoms with Gasteiger partial charge < -0.3 is 9.88 Å². The average molecular weight is 353 g/mol. The minimum atomic E-state index is -0.0391. The van der Waals surface area contributed by atoms with Crippen LogP contribution in [0.25, 0.3) is 11.0 Å². The van der Waals surface area contributed by atoms with Crippen LogP contribution in [-0.2, 0) is 17.1 Å². The van der Waals surface area contributed by atoms with Gasteiger partial charge in [0.15, 0.2) is 0 Å². The van der Waals surface area contributed by atoms with Crippen molar-refractivity contribution in [1.29, 1.82) is 0 Å². The molecular formula is C20H23N3OS. The third kappa shape index (κ3) is 4.04. The van der Waals surface area contributed by atoms with Crippen molar-refractivity contribution in [2.24, 2.45) is 0 Å². The second-order valence-electron chi connectivity index (χ2n) is 6.36. The molecule has 4 nitrogen and oxygen atoms in total. The minimum Gasteiger partial charge on any atom is -0.325 e. The molecule has 1 amide bonds. The molecule has 0 aliphatic carbocycles. The van der Waals surface area contributed by atoms with Crippen molar-refractivity contribution in [1.82, 2.24) is 9.55 Å². The van der Waals surface area contributed by atoms with Crippen molar-refractivity contribution in [2.75, 3.05) is 11.6 Å². The number of hydrogen-bond acceptors (Lipinski definition) is 3. The third-order valence-corrected chi connectivity index (χ3v) is 4.72. The number of fused-ring (bicyclic) bond motifs is 1. The Labute approximate surface area is 152 Å². The van der Waals surface area contributed by atoms with Crippen molar-refractivity contribution < 1.29 is 4.79 Å². The summed E-state index contributed by atoms with van der Waals surface area (Å²) in [5.41, 5.74) is 4.02. The summed E-state index contributed by atoms with van der Waals surface area (Å²) in [7, 11) is 0. The smallest absolute Gasteiger partial charge is 0.244 e. The van der Waals surface area contributed by atoms with E-state index in [2.05, 4.69) is 36.3 Å². The molecule has 25 heavy (non-hydrogen) atoms. The van der Waals surface area contributed by atoms with Crippen molar-refractivity contribution in [2.45, 2.75) is 32.1 Å². The van der Waals surface area contributed by atoms with Crippen molar-refractivity contribution in [3.8, 4) is 0 Å². The maximum Gasteiger partial charge on any atom is 0.244 e. The molecule has 0 fully saturated rings. The molecule has 130 valence electrons. The lowest BCUT2D eigenvalue weighted by Crippen LogP contribution is -2.20. The highest BCUT2D eigenvalue weighted by Crippen LogP contribution is 2.20.